The summed E-state index contributed by atoms with van der Waals surface area (Å²) in [6, 6.07) is 7.69. The molecule has 2 heteroatoms. The number of terminal acetylenes is 1. The van der Waals surface area contributed by atoms with Gasteiger partial charge in [-0.15, -0.1) is 12.3 Å². The third-order valence-electron chi connectivity index (χ3n) is 2.18. The quantitative estimate of drug-likeness (QED) is 0.663. The summed E-state index contributed by atoms with van der Waals surface area (Å²) >= 11 is 0. The van der Waals surface area contributed by atoms with Crippen molar-refractivity contribution in [3.63, 3.8) is 0 Å². The lowest BCUT2D eigenvalue weighted by Gasteiger charge is -2.25. The highest BCUT2D eigenvalue weighted by atomic mass is 16.6. The standard InChI is InChI=1S/C12H12O2/c1-2-3-6-10-9-13-11-7-4-5-8-12(11)14-10/h1,4-5,7-8,10H,3,6,9H2. The Balaban J connectivity index is 2.03. The summed E-state index contributed by atoms with van der Waals surface area (Å²) in [7, 11) is 0. The minimum Gasteiger partial charge on any atom is -0.486 e. The van der Waals surface area contributed by atoms with Crippen molar-refractivity contribution in [1.82, 2.24) is 0 Å². The van der Waals surface area contributed by atoms with Crippen LogP contribution in [0.25, 0.3) is 0 Å². The average Bonchev–Trinajstić information content (AvgIpc) is 2.26. The van der Waals surface area contributed by atoms with Gasteiger partial charge < -0.3 is 9.47 Å². The molecule has 0 N–H and O–H groups in total. The molecule has 0 amide bonds. The van der Waals surface area contributed by atoms with E-state index in [-0.39, 0.29) is 6.10 Å². The third kappa shape index (κ3) is 1.82. The number of rotatable bonds is 2. The van der Waals surface area contributed by atoms with Crippen molar-refractivity contribution in [2.45, 2.75) is 18.9 Å². The minimum atomic E-state index is 0.0981. The van der Waals surface area contributed by atoms with E-state index in [1.54, 1.807) is 0 Å². The average molecular weight is 188 g/mol. The molecule has 0 fully saturated rings. The molecule has 0 bridgehead atoms. The first kappa shape index (κ1) is 8.96. The van der Waals surface area contributed by atoms with Gasteiger partial charge in [0.05, 0.1) is 0 Å². The van der Waals surface area contributed by atoms with Gasteiger partial charge in [0.15, 0.2) is 11.5 Å². The molecular weight excluding hydrogens is 176 g/mol. The fraction of sp³-hybridized carbons (Fsp3) is 0.333. The van der Waals surface area contributed by atoms with Crippen LogP contribution in [-0.4, -0.2) is 12.7 Å². The van der Waals surface area contributed by atoms with Gasteiger partial charge in [-0.2, -0.15) is 0 Å². The van der Waals surface area contributed by atoms with Crippen LogP contribution in [0.3, 0.4) is 0 Å². The Bertz CT molecular complexity index is 352. The van der Waals surface area contributed by atoms with Crippen molar-refractivity contribution in [2.75, 3.05) is 6.61 Å². The number of benzene rings is 1. The highest BCUT2D eigenvalue weighted by molar-refractivity contribution is 5.40. The van der Waals surface area contributed by atoms with Gasteiger partial charge in [-0.05, 0) is 18.6 Å². The van der Waals surface area contributed by atoms with E-state index in [4.69, 9.17) is 15.9 Å². The highest BCUT2D eigenvalue weighted by Crippen LogP contribution is 2.31. The van der Waals surface area contributed by atoms with Crippen LogP contribution >= 0.6 is 0 Å². The zero-order valence-corrected chi connectivity index (χ0v) is 7.90. The molecule has 2 nitrogen and oxygen atoms in total. The molecule has 1 atom stereocenters. The molecule has 0 radical (unpaired) electrons. The van der Waals surface area contributed by atoms with Gasteiger partial charge in [0.2, 0.25) is 0 Å². The van der Waals surface area contributed by atoms with E-state index in [0.717, 1.165) is 24.3 Å². The van der Waals surface area contributed by atoms with E-state index in [0.29, 0.717) is 6.61 Å². The molecule has 1 aromatic carbocycles. The number of fused-ring (bicyclic) bond motifs is 1. The molecule has 0 aliphatic carbocycles. The third-order valence-corrected chi connectivity index (χ3v) is 2.18. The van der Waals surface area contributed by atoms with Crippen molar-refractivity contribution < 1.29 is 9.47 Å². The highest BCUT2D eigenvalue weighted by Gasteiger charge is 2.19. The summed E-state index contributed by atoms with van der Waals surface area (Å²) in [6.07, 6.45) is 6.88. The monoisotopic (exact) mass is 188 g/mol. The molecule has 0 aromatic heterocycles. The number of ether oxygens (including phenoxy) is 2. The summed E-state index contributed by atoms with van der Waals surface area (Å²) in [5.74, 6) is 4.25. The molecule has 14 heavy (non-hydrogen) atoms. The smallest absolute Gasteiger partial charge is 0.161 e. The zero-order chi connectivity index (χ0) is 9.80. The number of hydrogen-bond acceptors (Lipinski definition) is 2. The first-order chi connectivity index (χ1) is 6.90. The first-order valence-electron chi connectivity index (χ1n) is 4.72. The van der Waals surface area contributed by atoms with E-state index in [9.17, 15) is 0 Å². The summed E-state index contributed by atoms with van der Waals surface area (Å²) in [5.41, 5.74) is 0. The SMILES string of the molecule is C#CCCC1COc2ccccc2O1. The van der Waals surface area contributed by atoms with Crippen LogP contribution in [0, 0.1) is 12.3 Å². The van der Waals surface area contributed by atoms with Gasteiger partial charge in [0.25, 0.3) is 0 Å². The molecule has 1 aliphatic rings. The lowest BCUT2D eigenvalue weighted by molar-refractivity contribution is 0.0860. The molecule has 2 rings (SSSR count). The van der Waals surface area contributed by atoms with Crippen LogP contribution < -0.4 is 9.47 Å². The van der Waals surface area contributed by atoms with E-state index in [2.05, 4.69) is 5.92 Å². The van der Waals surface area contributed by atoms with E-state index >= 15 is 0 Å². The summed E-state index contributed by atoms with van der Waals surface area (Å²) in [5, 5.41) is 0. The maximum Gasteiger partial charge on any atom is 0.161 e. The van der Waals surface area contributed by atoms with Gasteiger partial charge in [-0.3, -0.25) is 0 Å². The summed E-state index contributed by atoms with van der Waals surface area (Å²) in [6.45, 7) is 0.596. The zero-order valence-electron chi connectivity index (χ0n) is 7.90. The summed E-state index contributed by atoms with van der Waals surface area (Å²) < 4.78 is 11.3. The second-order valence-corrected chi connectivity index (χ2v) is 3.24. The van der Waals surface area contributed by atoms with Gasteiger partial charge in [-0.1, -0.05) is 12.1 Å². The Hall–Kier alpha value is -1.62. The molecule has 0 saturated heterocycles. The van der Waals surface area contributed by atoms with E-state index in [1.165, 1.54) is 0 Å². The molecule has 0 spiro atoms. The number of para-hydroxylation sites is 2. The van der Waals surface area contributed by atoms with E-state index < -0.39 is 0 Å². The maximum absolute atomic E-state index is 5.71. The van der Waals surface area contributed by atoms with Gasteiger partial charge in [0.1, 0.15) is 12.7 Å². The molecule has 1 unspecified atom stereocenters. The molecule has 72 valence electrons. The number of hydrogen-bond donors (Lipinski definition) is 0. The normalized spacial score (nSPS) is 18.6. The summed E-state index contributed by atoms with van der Waals surface area (Å²) in [4.78, 5) is 0. The Morgan fingerprint density at radius 1 is 1.36 bits per heavy atom. The van der Waals surface area contributed by atoms with Crippen LogP contribution in [0.4, 0.5) is 0 Å². The Morgan fingerprint density at radius 3 is 2.93 bits per heavy atom. The molecule has 1 aliphatic heterocycles. The maximum atomic E-state index is 5.71. The van der Waals surface area contributed by atoms with Crippen molar-refractivity contribution in [2.24, 2.45) is 0 Å². The predicted octanol–water partition coefficient (Wildman–Crippen LogP) is 2.24. The fourth-order valence-corrected chi connectivity index (χ4v) is 1.45. The first-order valence-corrected chi connectivity index (χ1v) is 4.72. The van der Waals surface area contributed by atoms with Crippen LogP contribution in [0.1, 0.15) is 12.8 Å². The molecule has 1 aromatic rings. The molecular formula is C12H12O2. The van der Waals surface area contributed by atoms with Gasteiger partial charge in [-0.25, -0.2) is 0 Å². The van der Waals surface area contributed by atoms with Crippen molar-refractivity contribution in [3.8, 4) is 23.8 Å². The lowest BCUT2D eigenvalue weighted by atomic mass is 10.2. The van der Waals surface area contributed by atoms with Crippen LogP contribution in [0.2, 0.25) is 0 Å². The molecule has 0 saturated carbocycles. The molecule has 1 heterocycles. The van der Waals surface area contributed by atoms with Gasteiger partial charge in [0, 0.05) is 6.42 Å². The minimum absolute atomic E-state index is 0.0981. The second kappa shape index (κ2) is 4.06. The van der Waals surface area contributed by atoms with Crippen LogP contribution in [-0.2, 0) is 0 Å². The Labute approximate surface area is 83.8 Å². The lowest BCUT2D eigenvalue weighted by Crippen LogP contribution is -2.28. The van der Waals surface area contributed by atoms with Crippen molar-refractivity contribution in [3.05, 3.63) is 24.3 Å². The predicted molar refractivity (Wildman–Crippen MR) is 54.4 cm³/mol. The largest absolute Gasteiger partial charge is 0.486 e. The fourth-order valence-electron chi connectivity index (χ4n) is 1.45. The van der Waals surface area contributed by atoms with E-state index in [1.807, 2.05) is 24.3 Å². The van der Waals surface area contributed by atoms with Crippen LogP contribution in [0.5, 0.6) is 11.5 Å². The topological polar surface area (TPSA) is 18.5 Å². The van der Waals surface area contributed by atoms with Gasteiger partial charge >= 0.3 is 0 Å². The van der Waals surface area contributed by atoms with Crippen LogP contribution in [0.15, 0.2) is 24.3 Å². The van der Waals surface area contributed by atoms with Crippen molar-refractivity contribution in [1.29, 1.82) is 0 Å². The van der Waals surface area contributed by atoms with Crippen molar-refractivity contribution >= 4 is 0 Å². The second-order valence-electron chi connectivity index (χ2n) is 3.24. The Morgan fingerprint density at radius 2 is 2.14 bits per heavy atom. The Kier molecular flexibility index (Phi) is 2.60.